The van der Waals surface area contributed by atoms with E-state index < -0.39 is 0 Å². The van der Waals surface area contributed by atoms with Crippen LogP contribution in [0.1, 0.15) is 19.0 Å². The molecule has 6 nitrogen and oxygen atoms in total. The predicted octanol–water partition coefficient (Wildman–Crippen LogP) is 1.76. The van der Waals surface area contributed by atoms with Crippen molar-refractivity contribution in [3.63, 3.8) is 0 Å². The Balaban J connectivity index is 1.88. The molecule has 0 aliphatic carbocycles. The largest absolute Gasteiger partial charge is 0.370 e. The second-order valence-electron chi connectivity index (χ2n) is 4.81. The average molecular weight is 283 g/mol. The third-order valence-corrected chi connectivity index (χ3v) is 3.16. The summed E-state index contributed by atoms with van der Waals surface area (Å²) in [5.41, 5.74) is 1.30. The van der Waals surface area contributed by atoms with E-state index >= 15 is 0 Å². The van der Waals surface area contributed by atoms with E-state index in [1.54, 1.807) is 6.20 Å². The lowest BCUT2D eigenvalue weighted by Gasteiger charge is -2.05. The van der Waals surface area contributed by atoms with Gasteiger partial charge in [-0.25, -0.2) is 14.5 Å². The summed E-state index contributed by atoms with van der Waals surface area (Å²) in [5.74, 6) is 0.825. The van der Waals surface area contributed by atoms with Crippen molar-refractivity contribution in [1.29, 1.82) is 0 Å². The monoisotopic (exact) mass is 283 g/mol. The third-order valence-electron chi connectivity index (χ3n) is 3.16. The zero-order valence-corrected chi connectivity index (χ0v) is 11.9. The Labute approximate surface area is 122 Å². The quantitative estimate of drug-likeness (QED) is 0.775. The van der Waals surface area contributed by atoms with Crippen LogP contribution < -0.4 is 11.0 Å². The van der Waals surface area contributed by atoms with Gasteiger partial charge >= 0.3 is 5.69 Å². The number of anilines is 1. The van der Waals surface area contributed by atoms with E-state index in [9.17, 15) is 4.79 Å². The number of aromatic nitrogens is 4. The molecular formula is C15H17N5O. The molecule has 3 aromatic heterocycles. The molecule has 0 saturated carbocycles. The van der Waals surface area contributed by atoms with Crippen LogP contribution in [0.4, 0.5) is 5.82 Å². The van der Waals surface area contributed by atoms with Gasteiger partial charge in [0.15, 0.2) is 5.65 Å². The molecule has 0 spiro atoms. The van der Waals surface area contributed by atoms with E-state index in [4.69, 9.17) is 0 Å². The van der Waals surface area contributed by atoms with Crippen molar-refractivity contribution in [2.24, 2.45) is 0 Å². The van der Waals surface area contributed by atoms with Crippen molar-refractivity contribution in [2.45, 2.75) is 19.9 Å². The van der Waals surface area contributed by atoms with Crippen molar-refractivity contribution >= 4 is 11.5 Å². The Morgan fingerprint density at radius 3 is 2.90 bits per heavy atom. The van der Waals surface area contributed by atoms with Gasteiger partial charge in [-0.05, 0) is 30.7 Å². The number of hydrogen-bond donors (Lipinski definition) is 1. The average Bonchev–Trinajstić information content (AvgIpc) is 2.82. The first-order valence-corrected chi connectivity index (χ1v) is 7.02. The lowest BCUT2D eigenvalue weighted by molar-refractivity contribution is 0.646. The smallest absolute Gasteiger partial charge is 0.350 e. The van der Waals surface area contributed by atoms with Crippen LogP contribution in [0.5, 0.6) is 0 Å². The molecule has 0 amide bonds. The Hall–Kier alpha value is -2.63. The fourth-order valence-corrected chi connectivity index (χ4v) is 2.14. The van der Waals surface area contributed by atoms with Gasteiger partial charge in [0, 0.05) is 12.7 Å². The van der Waals surface area contributed by atoms with Crippen LogP contribution in [0.25, 0.3) is 5.65 Å². The van der Waals surface area contributed by atoms with Gasteiger partial charge in [0.1, 0.15) is 5.82 Å². The van der Waals surface area contributed by atoms with E-state index in [2.05, 4.69) is 22.3 Å². The fraction of sp³-hybridized carbons (Fsp3) is 0.267. The highest BCUT2D eigenvalue weighted by atomic mass is 16.2. The van der Waals surface area contributed by atoms with Crippen LogP contribution in [0.15, 0.2) is 47.4 Å². The fourth-order valence-electron chi connectivity index (χ4n) is 2.14. The Morgan fingerprint density at radius 1 is 1.19 bits per heavy atom. The Morgan fingerprint density at radius 2 is 2.10 bits per heavy atom. The minimum Gasteiger partial charge on any atom is -0.370 e. The SMILES string of the molecule is CCCNc1cccc(Cn2nc3ccccn3c2=O)n1. The lowest BCUT2D eigenvalue weighted by Crippen LogP contribution is -2.22. The molecule has 0 aromatic carbocycles. The van der Waals surface area contributed by atoms with Gasteiger partial charge in [0.25, 0.3) is 0 Å². The summed E-state index contributed by atoms with van der Waals surface area (Å²) in [7, 11) is 0. The molecule has 3 aromatic rings. The van der Waals surface area contributed by atoms with Crippen LogP contribution in [0, 0.1) is 0 Å². The molecule has 0 aliphatic rings. The minimum absolute atomic E-state index is 0.153. The van der Waals surface area contributed by atoms with E-state index in [0.29, 0.717) is 12.2 Å². The van der Waals surface area contributed by atoms with Gasteiger partial charge in [-0.1, -0.05) is 19.1 Å². The van der Waals surface area contributed by atoms with Gasteiger partial charge in [-0.15, -0.1) is 5.10 Å². The number of rotatable bonds is 5. The molecule has 0 radical (unpaired) electrons. The van der Waals surface area contributed by atoms with Crippen LogP contribution in [-0.4, -0.2) is 25.7 Å². The maximum absolute atomic E-state index is 12.2. The van der Waals surface area contributed by atoms with Gasteiger partial charge < -0.3 is 5.32 Å². The normalized spacial score (nSPS) is 10.9. The molecule has 0 unspecified atom stereocenters. The molecule has 6 heteroatoms. The van der Waals surface area contributed by atoms with Crippen molar-refractivity contribution in [3.8, 4) is 0 Å². The highest BCUT2D eigenvalue weighted by Gasteiger charge is 2.07. The second-order valence-corrected chi connectivity index (χ2v) is 4.81. The lowest BCUT2D eigenvalue weighted by atomic mass is 10.3. The molecule has 3 heterocycles. The molecular weight excluding hydrogens is 266 g/mol. The molecule has 0 atom stereocenters. The predicted molar refractivity (Wildman–Crippen MR) is 81.6 cm³/mol. The molecule has 0 aliphatic heterocycles. The molecule has 0 fully saturated rings. The standard InChI is InChI=1S/C15H17N5O/c1-2-9-16-13-7-5-6-12(17-13)11-20-15(21)19-10-4-3-8-14(19)18-20/h3-8,10H,2,9,11H2,1H3,(H,16,17). The van der Waals surface area contributed by atoms with Gasteiger partial charge in [-0.3, -0.25) is 4.40 Å². The summed E-state index contributed by atoms with van der Waals surface area (Å²) in [4.78, 5) is 16.7. The van der Waals surface area contributed by atoms with Gasteiger partial charge in [-0.2, -0.15) is 0 Å². The number of nitrogens with one attached hydrogen (secondary N) is 1. The third kappa shape index (κ3) is 2.79. The number of pyridine rings is 2. The van der Waals surface area contributed by atoms with Gasteiger partial charge in [0.05, 0.1) is 12.2 Å². The molecule has 0 saturated heterocycles. The summed E-state index contributed by atoms with van der Waals surface area (Å²) >= 11 is 0. The minimum atomic E-state index is -0.153. The van der Waals surface area contributed by atoms with Gasteiger partial charge in [0.2, 0.25) is 0 Å². The molecule has 21 heavy (non-hydrogen) atoms. The topological polar surface area (TPSA) is 64.2 Å². The summed E-state index contributed by atoms with van der Waals surface area (Å²) in [6.07, 6.45) is 2.76. The Kier molecular flexibility index (Phi) is 3.68. The number of nitrogens with zero attached hydrogens (tertiary/aromatic N) is 4. The molecule has 1 N–H and O–H groups in total. The van der Waals surface area contributed by atoms with E-state index in [1.165, 1.54) is 9.08 Å². The zero-order chi connectivity index (χ0) is 14.7. The van der Waals surface area contributed by atoms with Crippen LogP contribution >= 0.6 is 0 Å². The highest BCUT2D eigenvalue weighted by molar-refractivity contribution is 5.36. The van der Waals surface area contributed by atoms with Crippen molar-refractivity contribution in [3.05, 3.63) is 58.8 Å². The van der Waals surface area contributed by atoms with E-state index in [0.717, 1.165) is 24.5 Å². The first-order chi connectivity index (χ1) is 10.3. The zero-order valence-electron chi connectivity index (χ0n) is 11.9. The van der Waals surface area contributed by atoms with Crippen LogP contribution in [0.3, 0.4) is 0 Å². The summed E-state index contributed by atoms with van der Waals surface area (Å²) in [6, 6.07) is 11.2. The molecule has 108 valence electrons. The number of hydrogen-bond acceptors (Lipinski definition) is 4. The van der Waals surface area contributed by atoms with Crippen LogP contribution in [-0.2, 0) is 6.54 Å². The van der Waals surface area contributed by atoms with Crippen molar-refractivity contribution in [2.75, 3.05) is 11.9 Å². The summed E-state index contributed by atoms with van der Waals surface area (Å²) in [6.45, 7) is 3.35. The van der Waals surface area contributed by atoms with E-state index in [-0.39, 0.29) is 5.69 Å². The highest BCUT2D eigenvalue weighted by Crippen LogP contribution is 2.06. The van der Waals surface area contributed by atoms with Crippen LogP contribution in [0.2, 0.25) is 0 Å². The van der Waals surface area contributed by atoms with Crippen molar-refractivity contribution < 1.29 is 0 Å². The maximum Gasteiger partial charge on any atom is 0.350 e. The summed E-state index contributed by atoms with van der Waals surface area (Å²) in [5, 5.41) is 7.54. The first-order valence-electron chi connectivity index (χ1n) is 7.02. The second kappa shape index (κ2) is 5.78. The van der Waals surface area contributed by atoms with E-state index in [1.807, 2.05) is 36.4 Å². The van der Waals surface area contributed by atoms with Crippen molar-refractivity contribution in [1.82, 2.24) is 19.2 Å². The molecule has 0 bridgehead atoms. The Bertz CT molecular complexity index is 805. The first kappa shape index (κ1) is 13.4. The number of fused-ring (bicyclic) bond motifs is 1. The molecule has 3 rings (SSSR count). The summed E-state index contributed by atoms with van der Waals surface area (Å²) < 4.78 is 2.96. The maximum atomic E-state index is 12.2.